The van der Waals surface area contributed by atoms with E-state index >= 15 is 0 Å². The number of hydrogen-bond donors (Lipinski definition) is 3. The summed E-state index contributed by atoms with van der Waals surface area (Å²) in [5.41, 5.74) is -0.488. The molecule has 0 spiro atoms. The highest BCUT2D eigenvalue weighted by molar-refractivity contribution is 14.0. The van der Waals surface area contributed by atoms with Gasteiger partial charge in [-0.05, 0) is 39.8 Å². The molecule has 0 radical (unpaired) electrons. The number of amides is 1. The molecule has 0 aromatic carbocycles. The van der Waals surface area contributed by atoms with Crippen molar-refractivity contribution < 1.29 is 9.53 Å². The highest BCUT2D eigenvalue weighted by Gasteiger charge is 2.15. The first kappa shape index (κ1) is 24.3. The number of ether oxygens (including phenoxy) is 1. The van der Waals surface area contributed by atoms with Gasteiger partial charge in [0.1, 0.15) is 5.60 Å². The molecule has 1 amide bonds. The smallest absolute Gasteiger partial charge is 0.407 e. The van der Waals surface area contributed by atoms with Crippen molar-refractivity contribution in [3.05, 3.63) is 21.3 Å². The first-order chi connectivity index (χ1) is 11.3. The van der Waals surface area contributed by atoms with E-state index in [0.717, 1.165) is 23.3 Å². The first-order valence-corrected chi connectivity index (χ1v) is 9.23. The first-order valence-electron chi connectivity index (χ1n) is 8.03. The lowest BCUT2D eigenvalue weighted by molar-refractivity contribution is 0.0529. The number of rotatable bonds is 7. The fourth-order valence-corrected chi connectivity index (χ4v) is 2.84. The van der Waals surface area contributed by atoms with Crippen LogP contribution >= 0.6 is 46.9 Å². The Morgan fingerprint density at radius 2 is 1.92 bits per heavy atom. The van der Waals surface area contributed by atoms with Gasteiger partial charge in [-0.15, -0.1) is 35.3 Å². The van der Waals surface area contributed by atoms with Crippen LogP contribution in [0.3, 0.4) is 0 Å². The van der Waals surface area contributed by atoms with E-state index < -0.39 is 11.7 Å². The second kappa shape index (κ2) is 12.6. The van der Waals surface area contributed by atoms with Gasteiger partial charge >= 0.3 is 6.09 Å². The van der Waals surface area contributed by atoms with E-state index in [2.05, 4.69) is 20.9 Å². The molecule has 0 atom stereocenters. The summed E-state index contributed by atoms with van der Waals surface area (Å²) in [7, 11) is 0. The zero-order chi connectivity index (χ0) is 18.0. The molecule has 0 aliphatic heterocycles. The quantitative estimate of drug-likeness (QED) is 0.230. The lowest BCUT2D eigenvalue weighted by Crippen LogP contribution is -2.42. The Kier molecular flexibility index (Phi) is 12.2. The molecule has 0 aliphatic rings. The number of nitrogens with one attached hydrogen (secondary N) is 3. The lowest BCUT2D eigenvalue weighted by Gasteiger charge is -2.19. The Balaban J connectivity index is 0.00000576. The summed E-state index contributed by atoms with van der Waals surface area (Å²) < 4.78 is 5.97. The van der Waals surface area contributed by atoms with Crippen LogP contribution in [0.4, 0.5) is 4.79 Å². The van der Waals surface area contributed by atoms with Crippen molar-refractivity contribution in [2.75, 3.05) is 26.2 Å². The zero-order valence-electron chi connectivity index (χ0n) is 15.1. The molecule has 1 heterocycles. The predicted molar refractivity (Wildman–Crippen MR) is 117 cm³/mol. The fourth-order valence-electron chi connectivity index (χ4n) is 1.77. The van der Waals surface area contributed by atoms with Crippen LogP contribution in [0.5, 0.6) is 0 Å². The van der Waals surface area contributed by atoms with Crippen LogP contribution in [-0.4, -0.2) is 43.8 Å². The summed E-state index contributed by atoms with van der Waals surface area (Å²) in [5, 5.41) is 9.05. The normalized spacial score (nSPS) is 11.5. The molecule has 3 N–H and O–H groups in total. The molecule has 0 bridgehead atoms. The van der Waals surface area contributed by atoms with Crippen LogP contribution in [0.2, 0.25) is 4.34 Å². The molecule has 1 aromatic rings. The number of thiophene rings is 1. The third-order valence-electron chi connectivity index (χ3n) is 2.69. The third-order valence-corrected chi connectivity index (χ3v) is 3.98. The van der Waals surface area contributed by atoms with E-state index in [1.165, 1.54) is 4.88 Å². The summed E-state index contributed by atoms with van der Waals surface area (Å²) in [6, 6.07) is 3.92. The summed E-state index contributed by atoms with van der Waals surface area (Å²) >= 11 is 7.49. The Morgan fingerprint density at radius 1 is 1.24 bits per heavy atom. The van der Waals surface area contributed by atoms with Gasteiger partial charge in [-0.25, -0.2) is 4.79 Å². The van der Waals surface area contributed by atoms with Gasteiger partial charge in [0.25, 0.3) is 0 Å². The van der Waals surface area contributed by atoms with E-state index in [4.69, 9.17) is 16.3 Å². The zero-order valence-corrected chi connectivity index (χ0v) is 19.1. The van der Waals surface area contributed by atoms with Crippen LogP contribution in [0.25, 0.3) is 0 Å². The predicted octanol–water partition coefficient (Wildman–Crippen LogP) is 3.64. The maximum Gasteiger partial charge on any atom is 0.407 e. The number of alkyl carbamates (subject to hydrolysis) is 1. The van der Waals surface area contributed by atoms with E-state index in [1.807, 2.05) is 39.8 Å². The number of carbonyl (C=O) groups excluding carboxylic acids is 1. The average molecular weight is 503 g/mol. The van der Waals surface area contributed by atoms with E-state index in [1.54, 1.807) is 11.3 Å². The minimum absolute atomic E-state index is 0. The van der Waals surface area contributed by atoms with Crippen molar-refractivity contribution in [3.8, 4) is 0 Å². The molecule has 1 rings (SSSR count). The van der Waals surface area contributed by atoms with Gasteiger partial charge in [0, 0.05) is 37.5 Å². The number of hydrogen-bond acceptors (Lipinski definition) is 4. The Morgan fingerprint density at radius 3 is 2.48 bits per heavy atom. The number of guanidine groups is 1. The summed E-state index contributed by atoms with van der Waals surface area (Å²) in [4.78, 5) is 17.3. The average Bonchev–Trinajstić information content (AvgIpc) is 2.87. The molecule has 9 heteroatoms. The number of halogens is 2. The lowest BCUT2D eigenvalue weighted by atomic mass is 10.2. The number of nitrogens with zero attached hydrogens (tertiary/aromatic N) is 1. The van der Waals surface area contributed by atoms with Gasteiger partial charge in [-0.2, -0.15) is 0 Å². The fraction of sp³-hybridized carbons (Fsp3) is 0.625. The highest BCUT2D eigenvalue weighted by Crippen LogP contribution is 2.21. The van der Waals surface area contributed by atoms with E-state index in [-0.39, 0.29) is 24.0 Å². The van der Waals surface area contributed by atoms with Crippen LogP contribution in [0.15, 0.2) is 17.1 Å². The molecule has 0 saturated carbocycles. The molecule has 25 heavy (non-hydrogen) atoms. The molecule has 0 saturated heterocycles. The van der Waals surface area contributed by atoms with Crippen molar-refractivity contribution in [3.63, 3.8) is 0 Å². The van der Waals surface area contributed by atoms with Crippen molar-refractivity contribution >= 4 is 59.0 Å². The van der Waals surface area contributed by atoms with Crippen molar-refractivity contribution in [1.29, 1.82) is 0 Å². The highest BCUT2D eigenvalue weighted by atomic mass is 127. The minimum Gasteiger partial charge on any atom is -0.444 e. The monoisotopic (exact) mass is 502 g/mol. The standard InChI is InChI=1S/C16H27ClN4O2S.HI/c1-5-18-14(19-9-8-12-6-7-13(17)24-12)20-10-11-21-15(22)23-16(2,3)4;/h6-7H,5,8-11H2,1-4H3,(H,21,22)(H2,18,19,20);1H. The van der Waals surface area contributed by atoms with Crippen LogP contribution in [-0.2, 0) is 11.2 Å². The molecule has 144 valence electrons. The van der Waals surface area contributed by atoms with Gasteiger partial charge in [0.05, 0.1) is 4.34 Å². The summed E-state index contributed by atoms with van der Waals surface area (Å²) in [6.45, 7) is 9.98. The largest absolute Gasteiger partial charge is 0.444 e. The summed E-state index contributed by atoms with van der Waals surface area (Å²) in [6.07, 6.45) is 0.435. The number of carbonyl (C=O) groups is 1. The SMILES string of the molecule is CCNC(=NCCc1ccc(Cl)s1)NCCNC(=O)OC(C)(C)C.I. The Labute approximate surface area is 176 Å². The molecule has 1 aromatic heterocycles. The molecule has 0 fully saturated rings. The Bertz CT molecular complexity index is 546. The maximum absolute atomic E-state index is 11.5. The van der Waals surface area contributed by atoms with Gasteiger partial charge in [-0.3, -0.25) is 4.99 Å². The van der Waals surface area contributed by atoms with Gasteiger partial charge < -0.3 is 20.7 Å². The number of aliphatic imine (C=N–C) groups is 1. The second-order valence-electron chi connectivity index (χ2n) is 6.07. The van der Waals surface area contributed by atoms with Crippen molar-refractivity contribution in [2.45, 2.75) is 39.7 Å². The Hall–Kier alpha value is -0.740. The van der Waals surface area contributed by atoms with Gasteiger partial charge in [0.15, 0.2) is 5.96 Å². The maximum atomic E-state index is 11.5. The van der Waals surface area contributed by atoms with Gasteiger partial charge in [0.2, 0.25) is 0 Å². The van der Waals surface area contributed by atoms with Gasteiger partial charge in [-0.1, -0.05) is 11.6 Å². The van der Waals surface area contributed by atoms with Crippen molar-refractivity contribution in [1.82, 2.24) is 16.0 Å². The molecule has 0 unspecified atom stereocenters. The second-order valence-corrected chi connectivity index (χ2v) is 7.87. The van der Waals surface area contributed by atoms with E-state index in [9.17, 15) is 4.79 Å². The molecular weight excluding hydrogens is 475 g/mol. The molecular formula is C16H28ClIN4O2S. The van der Waals surface area contributed by atoms with Crippen LogP contribution in [0, 0.1) is 0 Å². The van der Waals surface area contributed by atoms with Crippen molar-refractivity contribution in [2.24, 2.45) is 4.99 Å². The molecule has 6 nitrogen and oxygen atoms in total. The van der Waals surface area contributed by atoms with Crippen LogP contribution < -0.4 is 16.0 Å². The summed E-state index contributed by atoms with van der Waals surface area (Å²) in [5.74, 6) is 0.728. The minimum atomic E-state index is -0.488. The molecule has 0 aliphatic carbocycles. The third kappa shape index (κ3) is 12.3. The van der Waals surface area contributed by atoms with Crippen LogP contribution in [0.1, 0.15) is 32.6 Å². The topological polar surface area (TPSA) is 74.8 Å². The van der Waals surface area contributed by atoms with E-state index in [0.29, 0.717) is 19.6 Å².